The molecule has 0 unspecified atom stereocenters. The number of para-hydroxylation sites is 1. The van der Waals surface area contributed by atoms with Gasteiger partial charge in [0.05, 0.1) is 0 Å². The molecule has 0 aliphatic carbocycles. The van der Waals surface area contributed by atoms with Gasteiger partial charge >= 0.3 is 0 Å². The molecule has 0 aromatic heterocycles. The number of nitrogens with two attached hydrogens (primary N) is 1. The van der Waals surface area contributed by atoms with E-state index in [4.69, 9.17) is 10.9 Å². The molecule has 4 heteroatoms. The van der Waals surface area contributed by atoms with Gasteiger partial charge in [0, 0.05) is 17.6 Å². The van der Waals surface area contributed by atoms with E-state index in [-0.39, 0.29) is 5.41 Å². The number of nitrogens with zero attached hydrogens (tertiary/aromatic N) is 1. The van der Waals surface area contributed by atoms with Crippen LogP contribution in [0.25, 0.3) is 0 Å². The Balaban J connectivity index is 2.20. The Labute approximate surface area is 109 Å². The van der Waals surface area contributed by atoms with Gasteiger partial charge < -0.3 is 16.3 Å². The molecule has 0 aliphatic heterocycles. The molecule has 0 aliphatic rings. The van der Waals surface area contributed by atoms with Crippen LogP contribution in [0.4, 0.5) is 5.69 Å². The fourth-order valence-electron chi connectivity index (χ4n) is 1.74. The molecule has 0 spiro atoms. The number of nitrogens with one attached hydrogen (secondary N) is 1. The number of unbranched alkanes of at least 4 members (excludes halogenated alkanes) is 1. The Bertz CT molecular complexity index is 374. The second kappa shape index (κ2) is 6.89. The molecule has 1 aromatic rings. The maximum atomic E-state index is 8.67. The molecule has 0 saturated carbocycles. The predicted molar refractivity (Wildman–Crippen MR) is 76.0 cm³/mol. The first-order chi connectivity index (χ1) is 8.56. The monoisotopic (exact) mass is 249 g/mol. The summed E-state index contributed by atoms with van der Waals surface area (Å²) in [6.45, 7) is 4.93. The lowest BCUT2D eigenvalue weighted by Gasteiger charge is -2.22. The van der Waals surface area contributed by atoms with Crippen LogP contribution in [0.15, 0.2) is 35.5 Å². The summed E-state index contributed by atoms with van der Waals surface area (Å²) in [6.07, 6.45) is 3.03. The molecule has 0 radical (unpaired) electrons. The minimum Gasteiger partial charge on any atom is -0.409 e. The molecular formula is C14H23N3O. The van der Waals surface area contributed by atoms with E-state index < -0.39 is 0 Å². The maximum absolute atomic E-state index is 8.67. The zero-order valence-electron chi connectivity index (χ0n) is 11.2. The number of oxime groups is 1. The van der Waals surface area contributed by atoms with Crippen molar-refractivity contribution in [3.05, 3.63) is 30.3 Å². The first-order valence-electron chi connectivity index (χ1n) is 6.33. The van der Waals surface area contributed by atoms with Crippen LogP contribution in [0.1, 0.15) is 33.1 Å². The van der Waals surface area contributed by atoms with Gasteiger partial charge in [-0.05, 0) is 25.0 Å². The Kier molecular flexibility index (Phi) is 5.49. The van der Waals surface area contributed by atoms with E-state index in [0.717, 1.165) is 31.5 Å². The lowest BCUT2D eigenvalue weighted by atomic mass is 9.86. The summed E-state index contributed by atoms with van der Waals surface area (Å²) in [5, 5.41) is 15.1. The normalized spacial score (nSPS) is 12.4. The van der Waals surface area contributed by atoms with Gasteiger partial charge in [-0.15, -0.1) is 0 Å². The molecule has 0 fully saturated rings. The molecule has 0 bridgehead atoms. The number of anilines is 1. The lowest BCUT2D eigenvalue weighted by molar-refractivity contribution is 0.304. The summed E-state index contributed by atoms with van der Waals surface area (Å²) in [4.78, 5) is 0. The first kappa shape index (κ1) is 14.4. The fourth-order valence-corrected chi connectivity index (χ4v) is 1.74. The second-order valence-electron chi connectivity index (χ2n) is 5.12. The lowest BCUT2D eigenvalue weighted by Crippen LogP contribution is -2.31. The van der Waals surface area contributed by atoms with Gasteiger partial charge in [0.1, 0.15) is 5.84 Å². The average molecular weight is 249 g/mol. The predicted octanol–water partition coefficient (Wildman–Crippen LogP) is 3.04. The van der Waals surface area contributed by atoms with E-state index >= 15 is 0 Å². The molecule has 0 saturated heterocycles. The van der Waals surface area contributed by atoms with Gasteiger partial charge in [0.15, 0.2) is 0 Å². The Morgan fingerprint density at radius 2 is 1.94 bits per heavy atom. The largest absolute Gasteiger partial charge is 0.409 e. The molecule has 4 N–H and O–H groups in total. The van der Waals surface area contributed by atoms with Gasteiger partial charge in [-0.3, -0.25) is 0 Å². The van der Waals surface area contributed by atoms with E-state index in [1.54, 1.807) is 0 Å². The van der Waals surface area contributed by atoms with Gasteiger partial charge in [-0.1, -0.05) is 43.6 Å². The minimum absolute atomic E-state index is 0.235. The highest BCUT2D eigenvalue weighted by Gasteiger charge is 2.22. The number of rotatable bonds is 7. The summed E-state index contributed by atoms with van der Waals surface area (Å²) in [6, 6.07) is 10.2. The molecule has 0 heterocycles. The van der Waals surface area contributed by atoms with Gasteiger partial charge in [-0.2, -0.15) is 0 Å². The Morgan fingerprint density at radius 1 is 1.28 bits per heavy atom. The Hall–Kier alpha value is -1.71. The number of benzene rings is 1. The summed E-state index contributed by atoms with van der Waals surface area (Å²) < 4.78 is 0. The standard InChI is InChI=1S/C14H23N3O/c1-14(2,13(15)17-18)10-6-7-11-16-12-8-4-3-5-9-12/h3-5,8-9,16,18H,6-7,10-11H2,1-2H3,(H2,15,17). The van der Waals surface area contributed by atoms with Crippen LogP contribution in [0, 0.1) is 5.41 Å². The molecule has 18 heavy (non-hydrogen) atoms. The van der Waals surface area contributed by atoms with Gasteiger partial charge in [0.2, 0.25) is 0 Å². The molecule has 1 aromatic carbocycles. The highest BCUT2D eigenvalue weighted by molar-refractivity contribution is 5.85. The number of hydrogen-bond acceptors (Lipinski definition) is 3. The van der Waals surface area contributed by atoms with Crippen molar-refractivity contribution in [3.8, 4) is 0 Å². The van der Waals surface area contributed by atoms with Crippen LogP contribution >= 0.6 is 0 Å². The van der Waals surface area contributed by atoms with Crippen molar-refractivity contribution in [3.63, 3.8) is 0 Å². The van der Waals surface area contributed by atoms with Crippen LogP contribution in [0.3, 0.4) is 0 Å². The van der Waals surface area contributed by atoms with Crippen molar-refractivity contribution in [1.82, 2.24) is 0 Å². The van der Waals surface area contributed by atoms with Crippen LogP contribution in [0.2, 0.25) is 0 Å². The van der Waals surface area contributed by atoms with Gasteiger partial charge in [0.25, 0.3) is 0 Å². The number of amidine groups is 1. The van der Waals surface area contributed by atoms with E-state index in [2.05, 4.69) is 22.6 Å². The maximum Gasteiger partial charge on any atom is 0.144 e. The van der Waals surface area contributed by atoms with Crippen LogP contribution in [-0.2, 0) is 0 Å². The topological polar surface area (TPSA) is 70.6 Å². The molecule has 0 atom stereocenters. The van der Waals surface area contributed by atoms with Crippen molar-refractivity contribution >= 4 is 11.5 Å². The van der Waals surface area contributed by atoms with Crippen molar-refractivity contribution < 1.29 is 5.21 Å². The van der Waals surface area contributed by atoms with Crippen LogP contribution in [-0.4, -0.2) is 17.6 Å². The highest BCUT2D eigenvalue weighted by atomic mass is 16.4. The quantitative estimate of drug-likeness (QED) is 0.229. The summed E-state index contributed by atoms with van der Waals surface area (Å²) >= 11 is 0. The zero-order valence-corrected chi connectivity index (χ0v) is 11.2. The van der Waals surface area contributed by atoms with E-state index in [1.807, 2.05) is 32.0 Å². The minimum atomic E-state index is -0.235. The fraction of sp³-hybridized carbons (Fsp3) is 0.500. The molecule has 0 amide bonds. The summed E-state index contributed by atoms with van der Waals surface area (Å²) in [5.41, 5.74) is 6.55. The summed E-state index contributed by atoms with van der Waals surface area (Å²) in [7, 11) is 0. The van der Waals surface area contributed by atoms with E-state index in [0.29, 0.717) is 5.84 Å². The Morgan fingerprint density at radius 3 is 2.56 bits per heavy atom. The smallest absolute Gasteiger partial charge is 0.144 e. The summed E-state index contributed by atoms with van der Waals surface area (Å²) in [5.74, 6) is 0.304. The molecule has 4 nitrogen and oxygen atoms in total. The highest BCUT2D eigenvalue weighted by Crippen LogP contribution is 2.23. The van der Waals surface area contributed by atoms with Crippen molar-refractivity contribution in [2.75, 3.05) is 11.9 Å². The molecule has 1 rings (SSSR count). The zero-order chi connectivity index (χ0) is 13.4. The van der Waals surface area contributed by atoms with Crippen LogP contribution < -0.4 is 11.1 Å². The average Bonchev–Trinajstić information content (AvgIpc) is 2.38. The number of hydrogen-bond donors (Lipinski definition) is 3. The SMILES string of the molecule is CC(C)(CCCCNc1ccccc1)/C(N)=N/O. The van der Waals surface area contributed by atoms with E-state index in [9.17, 15) is 0 Å². The third-order valence-electron chi connectivity index (χ3n) is 3.13. The first-order valence-corrected chi connectivity index (χ1v) is 6.33. The second-order valence-corrected chi connectivity index (χ2v) is 5.12. The van der Waals surface area contributed by atoms with Crippen molar-refractivity contribution in [1.29, 1.82) is 0 Å². The van der Waals surface area contributed by atoms with Crippen molar-refractivity contribution in [2.24, 2.45) is 16.3 Å². The van der Waals surface area contributed by atoms with E-state index in [1.165, 1.54) is 0 Å². The third-order valence-corrected chi connectivity index (χ3v) is 3.13. The van der Waals surface area contributed by atoms with Gasteiger partial charge in [-0.25, -0.2) is 0 Å². The molecule has 100 valence electrons. The molecular weight excluding hydrogens is 226 g/mol. The van der Waals surface area contributed by atoms with Crippen LogP contribution in [0.5, 0.6) is 0 Å². The van der Waals surface area contributed by atoms with Crippen molar-refractivity contribution in [2.45, 2.75) is 33.1 Å². The third kappa shape index (κ3) is 4.65.